The van der Waals surface area contributed by atoms with Crippen LogP contribution in [0.1, 0.15) is 50.7 Å². The van der Waals surface area contributed by atoms with Gasteiger partial charge in [-0.2, -0.15) is 0 Å². The lowest BCUT2D eigenvalue weighted by molar-refractivity contribution is 0.586. The quantitative estimate of drug-likeness (QED) is 0.638. The van der Waals surface area contributed by atoms with Crippen molar-refractivity contribution in [2.24, 2.45) is 0 Å². The minimum atomic E-state index is 0.234. The second-order valence-corrected chi connectivity index (χ2v) is 5.03. The molecule has 0 aliphatic heterocycles. The van der Waals surface area contributed by atoms with Crippen LogP contribution >= 0.6 is 0 Å². The summed E-state index contributed by atoms with van der Waals surface area (Å²) in [6, 6.07) is 2.32. The van der Waals surface area contributed by atoms with E-state index in [1.165, 1.54) is 24.0 Å². The molecule has 1 aromatic rings. The zero-order valence-electron chi connectivity index (χ0n) is 8.67. The molecular formula is C12H17N. The molecule has 0 saturated heterocycles. The molecule has 0 N–H and O–H groups in total. The molecule has 2 rings (SSSR count). The standard InChI is InChI=1S/C12H17N/c1-12(2,3)11-6-10(7-13-8-11)9-4-5-9/h6-9H,4-5H2,1-3H3. The molecule has 1 aromatic heterocycles. The van der Waals surface area contributed by atoms with Gasteiger partial charge >= 0.3 is 0 Å². The van der Waals surface area contributed by atoms with E-state index in [4.69, 9.17) is 0 Å². The molecule has 1 nitrogen and oxygen atoms in total. The first-order valence-electron chi connectivity index (χ1n) is 5.03. The summed E-state index contributed by atoms with van der Waals surface area (Å²) in [5.74, 6) is 0.815. The maximum absolute atomic E-state index is 4.31. The van der Waals surface area contributed by atoms with Crippen molar-refractivity contribution >= 4 is 0 Å². The lowest BCUT2D eigenvalue weighted by atomic mass is 9.87. The third-order valence-electron chi connectivity index (χ3n) is 2.67. The molecule has 70 valence electrons. The van der Waals surface area contributed by atoms with Gasteiger partial charge in [0.1, 0.15) is 0 Å². The molecular weight excluding hydrogens is 158 g/mol. The molecule has 1 aliphatic rings. The SMILES string of the molecule is CC(C)(C)c1cncc(C2CC2)c1. The highest BCUT2D eigenvalue weighted by Gasteiger charge is 2.25. The van der Waals surface area contributed by atoms with Gasteiger partial charge in [0.15, 0.2) is 0 Å². The molecule has 1 heteroatoms. The van der Waals surface area contributed by atoms with Gasteiger partial charge in [0.05, 0.1) is 0 Å². The van der Waals surface area contributed by atoms with Gasteiger partial charge in [-0.05, 0) is 35.3 Å². The average molecular weight is 175 g/mol. The van der Waals surface area contributed by atoms with Gasteiger partial charge in [-0.3, -0.25) is 4.98 Å². The van der Waals surface area contributed by atoms with Crippen LogP contribution in [0.25, 0.3) is 0 Å². The minimum absolute atomic E-state index is 0.234. The van der Waals surface area contributed by atoms with E-state index in [2.05, 4.69) is 31.8 Å². The fourth-order valence-electron chi connectivity index (χ4n) is 1.51. The van der Waals surface area contributed by atoms with Crippen molar-refractivity contribution in [2.45, 2.75) is 44.9 Å². The van der Waals surface area contributed by atoms with Gasteiger partial charge in [0.25, 0.3) is 0 Å². The van der Waals surface area contributed by atoms with Crippen molar-refractivity contribution in [1.29, 1.82) is 0 Å². The topological polar surface area (TPSA) is 12.9 Å². The molecule has 1 fully saturated rings. The number of pyridine rings is 1. The second kappa shape index (κ2) is 2.83. The van der Waals surface area contributed by atoms with Crippen molar-refractivity contribution in [3.05, 3.63) is 29.6 Å². The molecule has 0 unspecified atom stereocenters. The Morgan fingerprint density at radius 1 is 1.23 bits per heavy atom. The zero-order chi connectivity index (χ0) is 9.47. The molecule has 0 aromatic carbocycles. The first-order chi connectivity index (χ1) is 6.07. The molecule has 13 heavy (non-hydrogen) atoms. The molecule has 0 amide bonds. The smallest absolute Gasteiger partial charge is 0.0305 e. The Kier molecular flexibility index (Phi) is 1.90. The Morgan fingerprint density at radius 2 is 1.92 bits per heavy atom. The van der Waals surface area contributed by atoms with E-state index in [0.717, 1.165) is 5.92 Å². The molecule has 0 radical (unpaired) electrons. The van der Waals surface area contributed by atoms with Crippen LogP contribution in [0.5, 0.6) is 0 Å². The van der Waals surface area contributed by atoms with E-state index in [1.54, 1.807) is 0 Å². The first kappa shape index (κ1) is 8.74. The van der Waals surface area contributed by atoms with Crippen LogP contribution in [-0.2, 0) is 5.41 Å². The Balaban J connectivity index is 2.32. The molecule has 1 aliphatic carbocycles. The Hall–Kier alpha value is -0.850. The van der Waals surface area contributed by atoms with E-state index < -0.39 is 0 Å². The van der Waals surface area contributed by atoms with Gasteiger partial charge < -0.3 is 0 Å². The Morgan fingerprint density at radius 3 is 2.46 bits per heavy atom. The van der Waals surface area contributed by atoms with Crippen LogP contribution in [0.3, 0.4) is 0 Å². The second-order valence-electron chi connectivity index (χ2n) is 5.03. The number of rotatable bonds is 1. The van der Waals surface area contributed by atoms with Crippen LogP contribution in [0, 0.1) is 0 Å². The fraction of sp³-hybridized carbons (Fsp3) is 0.583. The predicted molar refractivity (Wildman–Crippen MR) is 54.9 cm³/mol. The van der Waals surface area contributed by atoms with Crippen molar-refractivity contribution in [3.63, 3.8) is 0 Å². The molecule has 0 bridgehead atoms. The van der Waals surface area contributed by atoms with Gasteiger partial charge in [0.2, 0.25) is 0 Å². The van der Waals surface area contributed by atoms with Gasteiger partial charge in [-0.15, -0.1) is 0 Å². The van der Waals surface area contributed by atoms with E-state index >= 15 is 0 Å². The Bertz CT molecular complexity index is 305. The van der Waals surface area contributed by atoms with E-state index in [-0.39, 0.29) is 5.41 Å². The van der Waals surface area contributed by atoms with Crippen LogP contribution < -0.4 is 0 Å². The summed E-state index contributed by atoms with van der Waals surface area (Å²) in [6.07, 6.45) is 6.73. The summed E-state index contributed by atoms with van der Waals surface area (Å²) < 4.78 is 0. The number of nitrogens with zero attached hydrogens (tertiary/aromatic N) is 1. The maximum atomic E-state index is 4.31. The van der Waals surface area contributed by atoms with Gasteiger partial charge in [0, 0.05) is 12.4 Å². The Labute approximate surface area is 80.2 Å². The average Bonchev–Trinajstić information content (AvgIpc) is 2.85. The predicted octanol–water partition coefficient (Wildman–Crippen LogP) is 3.26. The number of hydrogen-bond acceptors (Lipinski definition) is 1. The summed E-state index contributed by atoms with van der Waals surface area (Å²) in [7, 11) is 0. The molecule has 1 heterocycles. The largest absolute Gasteiger partial charge is 0.264 e. The highest BCUT2D eigenvalue weighted by atomic mass is 14.6. The summed E-state index contributed by atoms with van der Waals surface area (Å²) in [6.45, 7) is 6.71. The van der Waals surface area contributed by atoms with Crippen LogP contribution in [0.2, 0.25) is 0 Å². The van der Waals surface area contributed by atoms with Crippen molar-refractivity contribution in [1.82, 2.24) is 4.98 Å². The third kappa shape index (κ3) is 1.90. The van der Waals surface area contributed by atoms with Crippen LogP contribution in [0.4, 0.5) is 0 Å². The molecule has 1 saturated carbocycles. The van der Waals surface area contributed by atoms with Crippen molar-refractivity contribution < 1.29 is 0 Å². The van der Waals surface area contributed by atoms with E-state index in [9.17, 15) is 0 Å². The summed E-state index contributed by atoms with van der Waals surface area (Å²) in [5, 5.41) is 0. The minimum Gasteiger partial charge on any atom is -0.264 e. The molecule has 0 spiro atoms. The van der Waals surface area contributed by atoms with Crippen molar-refractivity contribution in [2.75, 3.05) is 0 Å². The fourth-order valence-corrected chi connectivity index (χ4v) is 1.51. The molecule has 0 atom stereocenters. The zero-order valence-corrected chi connectivity index (χ0v) is 8.67. The highest BCUT2D eigenvalue weighted by Crippen LogP contribution is 2.40. The lowest BCUT2D eigenvalue weighted by Gasteiger charge is -2.18. The number of hydrogen-bond donors (Lipinski definition) is 0. The first-order valence-corrected chi connectivity index (χ1v) is 5.03. The normalized spacial score (nSPS) is 17.5. The van der Waals surface area contributed by atoms with Crippen LogP contribution in [-0.4, -0.2) is 4.98 Å². The summed E-state index contributed by atoms with van der Waals surface area (Å²) in [4.78, 5) is 4.31. The highest BCUT2D eigenvalue weighted by molar-refractivity contribution is 5.28. The van der Waals surface area contributed by atoms with Gasteiger partial charge in [-0.25, -0.2) is 0 Å². The summed E-state index contributed by atoms with van der Waals surface area (Å²) >= 11 is 0. The maximum Gasteiger partial charge on any atom is 0.0305 e. The third-order valence-corrected chi connectivity index (χ3v) is 2.67. The van der Waals surface area contributed by atoms with Gasteiger partial charge in [-0.1, -0.05) is 26.8 Å². The lowest BCUT2D eigenvalue weighted by Crippen LogP contribution is -2.11. The van der Waals surface area contributed by atoms with Crippen LogP contribution in [0.15, 0.2) is 18.5 Å². The summed E-state index contributed by atoms with van der Waals surface area (Å²) in [5.41, 5.74) is 3.03. The monoisotopic (exact) mass is 175 g/mol. The van der Waals surface area contributed by atoms with E-state index in [0.29, 0.717) is 0 Å². The van der Waals surface area contributed by atoms with E-state index in [1.807, 2.05) is 12.4 Å². The van der Waals surface area contributed by atoms with Crippen molar-refractivity contribution in [3.8, 4) is 0 Å². The number of aromatic nitrogens is 1.